The van der Waals surface area contributed by atoms with Crippen LogP contribution in [-0.2, 0) is 12.8 Å². The molecule has 1 aliphatic rings. The predicted molar refractivity (Wildman–Crippen MR) is 70.8 cm³/mol. The van der Waals surface area contributed by atoms with Crippen LogP contribution in [0.15, 0.2) is 47.4 Å². The van der Waals surface area contributed by atoms with Crippen molar-refractivity contribution in [1.29, 1.82) is 0 Å². The number of hydrogen-bond donors (Lipinski definition) is 0. The minimum atomic E-state index is 1.13. The smallest absolute Gasteiger partial charge is 0.00857 e. The second-order valence-corrected chi connectivity index (χ2v) is 5.29. The second kappa shape index (κ2) is 4.26. The van der Waals surface area contributed by atoms with Gasteiger partial charge in [0.1, 0.15) is 0 Å². The Hall–Kier alpha value is -1.34. The third-order valence-corrected chi connectivity index (χ3v) is 3.99. The molecule has 80 valence electrons. The number of fused-ring (bicyclic) bond motifs is 1. The maximum atomic E-state index is 2.37. The van der Waals surface area contributed by atoms with Crippen LogP contribution < -0.4 is 0 Å². The molecule has 16 heavy (non-hydrogen) atoms. The van der Waals surface area contributed by atoms with Gasteiger partial charge in [-0.1, -0.05) is 42.0 Å². The van der Waals surface area contributed by atoms with Crippen LogP contribution in [0, 0.1) is 0 Å². The molecule has 0 saturated carbocycles. The van der Waals surface area contributed by atoms with Crippen LogP contribution in [0.5, 0.6) is 0 Å². The highest BCUT2D eigenvalue weighted by molar-refractivity contribution is 7.09. The normalized spacial score (nSPS) is 14.4. The number of aryl methyl sites for hydroxylation is 1. The zero-order valence-electron chi connectivity index (χ0n) is 9.15. The van der Waals surface area contributed by atoms with E-state index in [1.165, 1.54) is 28.8 Å². The van der Waals surface area contributed by atoms with Crippen molar-refractivity contribution in [3.8, 4) is 0 Å². The fourth-order valence-corrected chi connectivity index (χ4v) is 3.02. The lowest BCUT2D eigenvalue weighted by Crippen LogP contribution is -2.00. The van der Waals surface area contributed by atoms with Crippen LogP contribution in [-0.4, -0.2) is 0 Å². The minimum absolute atomic E-state index is 1.13. The van der Waals surface area contributed by atoms with Crippen molar-refractivity contribution in [3.05, 3.63) is 63.4 Å². The molecule has 0 aliphatic heterocycles. The Bertz CT molecular complexity index is 506. The third-order valence-electron chi connectivity index (χ3n) is 3.11. The maximum Gasteiger partial charge on any atom is 0.00857 e. The molecule has 0 saturated heterocycles. The lowest BCUT2D eigenvalue weighted by atomic mass is 9.90. The van der Waals surface area contributed by atoms with Gasteiger partial charge in [-0.05, 0) is 35.4 Å². The Morgan fingerprint density at radius 1 is 1.00 bits per heavy atom. The first-order chi connectivity index (χ1) is 7.92. The van der Waals surface area contributed by atoms with E-state index in [-0.39, 0.29) is 0 Å². The average Bonchev–Trinajstić information content (AvgIpc) is 2.82. The topological polar surface area (TPSA) is 0 Å². The van der Waals surface area contributed by atoms with Crippen LogP contribution in [0.2, 0.25) is 0 Å². The van der Waals surface area contributed by atoms with Crippen molar-refractivity contribution < 1.29 is 0 Å². The van der Waals surface area contributed by atoms with Crippen molar-refractivity contribution in [1.82, 2.24) is 0 Å². The predicted octanol–water partition coefficient (Wildman–Crippen LogP) is 4.32. The quantitative estimate of drug-likeness (QED) is 0.715. The van der Waals surface area contributed by atoms with E-state index >= 15 is 0 Å². The molecule has 2 aromatic rings. The standard InChI is InChI=1S/C15H14S/c1-2-5-14-10-12(7-8-13(14)4-1)11-15-6-3-9-16-15/h1-6,9-10H,7-8,11H2. The van der Waals surface area contributed by atoms with Crippen molar-refractivity contribution in [2.24, 2.45) is 0 Å². The molecule has 1 aromatic carbocycles. The van der Waals surface area contributed by atoms with Gasteiger partial charge in [0.2, 0.25) is 0 Å². The first kappa shape index (κ1) is 9.86. The highest BCUT2D eigenvalue weighted by Gasteiger charge is 2.10. The van der Waals surface area contributed by atoms with E-state index in [0.29, 0.717) is 0 Å². The fraction of sp³-hybridized carbons (Fsp3) is 0.200. The van der Waals surface area contributed by atoms with Crippen molar-refractivity contribution in [2.45, 2.75) is 19.3 Å². The summed E-state index contributed by atoms with van der Waals surface area (Å²) in [6, 6.07) is 13.1. The number of benzene rings is 1. The molecule has 0 fully saturated rings. The summed E-state index contributed by atoms with van der Waals surface area (Å²) in [5, 5.41) is 2.16. The van der Waals surface area contributed by atoms with Gasteiger partial charge in [-0.15, -0.1) is 11.3 Å². The molecule has 0 bridgehead atoms. The van der Waals surface area contributed by atoms with Gasteiger partial charge in [-0.25, -0.2) is 0 Å². The molecule has 0 N–H and O–H groups in total. The summed E-state index contributed by atoms with van der Waals surface area (Å²) < 4.78 is 0. The summed E-state index contributed by atoms with van der Waals surface area (Å²) in [6.45, 7) is 0. The Labute approximate surface area is 100 Å². The molecular formula is C15H14S. The van der Waals surface area contributed by atoms with Gasteiger partial charge in [-0.2, -0.15) is 0 Å². The molecule has 0 unspecified atom stereocenters. The van der Waals surface area contributed by atoms with Gasteiger partial charge in [-0.3, -0.25) is 0 Å². The van der Waals surface area contributed by atoms with Gasteiger partial charge >= 0.3 is 0 Å². The summed E-state index contributed by atoms with van der Waals surface area (Å²) in [5.74, 6) is 0. The number of thiophene rings is 1. The molecule has 3 rings (SSSR count). The van der Waals surface area contributed by atoms with E-state index in [2.05, 4.69) is 47.9 Å². The summed E-state index contributed by atoms with van der Waals surface area (Å²) in [6.07, 6.45) is 5.92. The number of hydrogen-bond acceptors (Lipinski definition) is 1. The Balaban J connectivity index is 1.86. The van der Waals surface area contributed by atoms with Crippen molar-refractivity contribution in [3.63, 3.8) is 0 Å². The molecule has 1 aromatic heterocycles. The lowest BCUT2D eigenvalue weighted by Gasteiger charge is -2.15. The minimum Gasteiger partial charge on any atom is -0.149 e. The molecule has 1 heterocycles. The van der Waals surface area contributed by atoms with E-state index < -0.39 is 0 Å². The van der Waals surface area contributed by atoms with Crippen LogP contribution in [0.3, 0.4) is 0 Å². The van der Waals surface area contributed by atoms with Gasteiger partial charge in [0.05, 0.1) is 0 Å². The number of rotatable bonds is 2. The molecule has 0 radical (unpaired) electrons. The monoisotopic (exact) mass is 226 g/mol. The molecular weight excluding hydrogens is 212 g/mol. The van der Waals surface area contributed by atoms with E-state index in [1.54, 1.807) is 5.57 Å². The van der Waals surface area contributed by atoms with E-state index in [4.69, 9.17) is 0 Å². The molecule has 1 aliphatic carbocycles. The van der Waals surface area contributed by atoms with Crippen LogP contribution in [0.1, 0.15) is 22.4 Å². The molecule has 1 heteroatoms. The van der Waals surface area contributed by atoms with Gasteiger partial charge in [0.15, 0.2) is 0 Å². The molecule has 0 amide bonds. The summed E-state index contributed by atoms with van der Waals surface area (Å²) in [7, 11) is 0. The van der Waals surface area contributed by atoms with Crippen LogP contribution in [0.4, 0.5) is 0 Å². The first-order valence-electron chi connectivity index (χ1n) is 5.71. The van der Waals surface area contributed by atoms with Crippen LogP contribution >= 0.6 is 11.3 Å². The Morgan fingerprint density at radius 2 is 1.94 bits per heavy atom. The zero-order valence-corrected chi connectivity index (χ0v) is 9.96. The van der Waals surface area contributed by atoms with Crippen molar-refractivity contribution >= 4 is 17.4 Å². The summed E-state index contributed by atoms with van der Waals surface area (Å²) in [5.41, 5.74) is 4.49. The largest absolute Gasteiger partial charge is 0.149 e. The summed E-state index contributed by atoms with van der Waals surface area (Å²) in [4.78, 5) is 1.48. The highest BCUT2D eigenvalue weighted by Crippen LogP contribution is 2.26. The SMILES string of the molecule is C1=C(Cc2cccs2)CCc2ccccc21. The average molecular weight is 226 g/mol. The summed E-state index contributed by atoms with van der Waals surface area (Å²) >= 11 is 1.86. The second-order valence-electron chi connectivity index (χ2n) is 4.26. The fourth-order valence-electron chi connectivity index (χ4n) is 2.27. The van der Waals surface area contributed by atoms with Gasteiger partial charge < -0.3 is 0 Å². The maximum absolute atomic E-state index is 2.37. The molecule has 0 atom stereocenters. The van der Waals surface area contributed by atoms with E-state index in [1.807, 2.05) is 11.3 Å². The zero-order chi connectivity index (χ0) is 10.8. The highest BCUT2D eigenvalue weighted by atomic mass is 32.1. The van der Waals surface area contributed by atoms with Crippen molar-refractivity contribution in [2.75, 3.05) is 0 Å². The van der Waals surface area contributed by atoms with Gasteiger partial charge in [0.25, 0.3) is 0 Å². The van der Waals surface area contributed by atoms with Gasteiger partial charge in [0, 0.05) is 11.3 Å². The molecule has 0 nitrogen and oxygen atoms in total. The van der Waals surface area contributed by atoms with E-state index in [9.17, 15) is 0 Å². The third kappa shape index (κ3) is 1.96. The van der Waals surface area contributed by atoms with E-state index in [0.717, 1.165) is 6.42 Å². The molecule has 0 spiro atoms. The Morgan fingerprint density at radius 3 is 2.81 bits per heavy atom. The number of allylic oxidation sites excluding steroid dienone is 1. The lowest BCUT2D eigenvalue weighted by molar-refractivity contribution is 0.894. The first-order valence-corrected chi connectivity index (χ1v) is 6.59. The van der Waals surface area contributed by atoms with Crippen LogP contribution in [0.25, 0.3) is 6.08 Å². The Kier molecular flexibility index (Phi) is 2.63.